The Kier molecular flexibility index (Phi) is 33.4. The van der Waals surface area contributed by atoms with Crippen molar-refractivity contribution in [2.75, 3.05) is 13.2 Å². The van der Waals surface area contributed by atoms with Crippen molar-refractivity contribution in [3.05, 3.63) is 24.3 Å². The number of rotatable bonds is 37. The average Bonchev–Trinajstić information content (AvgIpc) is 3.20. The molecule has 1 saturated heterocycles. The third kappa shape index (κ3) is 25.2. The third-order valence-corrected chi connectivity index (χ3v) is 11.0. The summed E-state index contributed by atoms with van der Waals surface area (Å²) in [6.07, 6.45) is 26.5. The number of carbonyl (C=O) groups excluding carboxylic acids is 1. The van der Waals surface area contributed by atoms with Crippen molar-refractivity contribution in [3.63, 3.8) is 0 Å². The molecule has 11 nitrogen and oxygen atoms in total. The maximum Gasteiger partial charge on any atom is 0.249 e. The number of nitrogens with one attached hydrogen (secondary N) is 1. The fourth-order valence-electron chi connectivity index (χ4n) is 7.16. The number of ether oxygens (including phenoxy) is 2. The Morgan fingerprint density at radius 1 is 0.607 bits per heavy atom. The number of hydrogen-bond donors (Lipinski definition) is 8. The molecule has 1 amide bonds. The third-order valence-electron chi connectivity index (χ3n) is 11.0. The molecular formula is C45H85NO10. The molecule has 0 aliphatic carbocycles. The normalized spacial score (nSPS) is 22.5. The van der Waals surface area contributed by atoms with Gasteiger partial charge in [-0.15, -0.1) is 0 Å². The second kappa shape index (κ2) is 35.5. The SMILES string of the molecule is CCCCCCCC/C=C/CC/C=C/CCCC(O)C(O)C(COC1OC(CO)C(O)C(O)C1O)NC(=O)C(O)CCCCCCCCCCCCCCCC. The second-order valence-corrected chi connectivity index (χ2v) is 16.1. The summed E-state index contributed by atoms with van der Waals surface area (Å²) in [7, 11) is 0. The summed E-state index contributed by atoms with van der Waals surface area (Å²) >= 11 is 0. The van der Waals surface area contributed by atoms with Gasteiger partial charge in [0.15, 0.2) is 6.29 Å². The first-order valence-corrected chi connectivity index (χ1v) is 22.7. The second-order valence-electron chi connectivity index (χ2n) is 16.1. The van der Waals surface area contributed by atoms with E-state index in [9.17, 15) is 40.5 Å². The lowest BCUT2D eigenvalue weighted by Gasteiger charge is -2.40. The molecule has 1 heterocycles. The fourth-order valence-corrected chi connectivity index (χ4v) is 7.16. The highest BCUT2D eigenvalue weighted by Crippen LogP contribution is 2.23. The number of aliphatic hydroxyl groups is 7. The molecule has 8 N–H and O–H groups in total. The van der Waals surface area contributed by atoms with E-state index in [1.165, 1.54) is 103 Å². The van der Waals surface area contributed by atoms with Crippen LogP contribution in [-0.4, -0.2) is 110 Å². The van der Waals surface area contributed by atoms with Gasteiger partial charge >= 0.3 is 0 Å². The van der Waals surface area contributed by atoms with Crippen molar-refractivity contribution in [2.45, 2.75) is 242 Å². The van der Waals surface area contributed by atoms with Gasteiger partial charge in [0.2, 0.25) is 5.91 Å². The van der Waals surface area contributed by atoms with Crippen LogP contribution in [0.25, 0.3) is 0 Å². The zero-order chi connectivity index (χ0) is 41.2. The molecule has 9 unspecified atom stereocenters. The molecule has 0 aromatic heterocycles. The highest BCUT2D eigenvalue weighted by molar-refractivity contribution is 5.80. The first-order chi connectivity index (χ1) is 27.2. The van der Waals surface area contributed by atoms with Gasteiger partial charge in [-0.2, -0.15) is 0 Å². The molecule has 0 aromatic rings. The highest BCUT2D eigenvalue weighted by Gasteiger charge is 2.44. The molecule has 330 valence electrons. The number of allylic oxidation sites excluding steroid dienone is 4. The van der Waals surface area contributed by atoms with Gasteiger partial charge in [0, 0.05) is 0 Å². The maximum atomic E-state index is 13.1. The van der Waals surface area contributed by atoms with Crippen LogP contribution in [0.1, 0.15) is 187 Å². The Morgan fingerprint density at radius 2 is 1.07 bits per heavy atom. The van der Waals surface area contributed by atoms with E-state index in [0.717, 1.165) is 38.5 Å². The van der Waals surface area contributed by atoms with Gasteiger partial charge in [0.25, 0.3) is 0 Å². The minimum Gasteiger partial charge on any atom is -0.394 e. The molecule has 0 bridgehead atoms. The predicted molar refractivity (Wildman–Crippen MR) is 224 cm³/mol. The van der Waals surface area contributed by atoms with Crippen molar-refractivity contribution in [2.24, 2.45) is 0 Å². The maximum absolute atomic E-state index is 13.1. The largest absolute Gasteiger partial charge is 0.394 e. The molecule has 0 radical (unpaired) electrons. The Morgan fingerprint density at radius 3 is 1.59 bits per heavy atom. The Balaban J connectivity index is 2.51. The number of carbonyl (C=O) groups is 1. The molecule has 11 heteroatoms. The summed E-state index contributed by atoms with van der Waals surface area (Å²) in [5, 5.41) is 75.5. The van der Waals surface area contributed by atoms with Crippen LogP contribution in [0.5, 0.6) is 0 Å². The predicted octanol–water partition coefficient (Wildman–Crippen LogP) is 7.06. The van der Waals surface area contributed by atoms with E-state index >= 15 is 0 Å². The Hall–Kier alpha value is -1.41. The van der Waals surface area contributed by atoms with Crippen molar-refractivity contribution in [3.8, 4) is 0 Å². The van der Waals surface area contributed by atoms with E-state index in [2.05, 4.69) is 43.5 Å². The van der Waals surface area contributed by atoms with Crippen LogP contribution < -0.4 is 5.32 Å². The standard InChI is InChI=1S/C45H85NO10/c1-3-5-7-9-11-13-15-17-19-21-22-24-26-28-30-32-37(48)40(50)36(35-55-45-43(53)42(52)41(51)39(34-47)56-45)46-44(54)38(49)33-31-29-27-25-23-20-18-16-14-12-10-8-6-4-2/h17,19,24,26,36-43,45,47-53H,3-16,18,20-23,25,27-35H2,1-2H3,(H,46,54)/b19-17+,26-24+. The first-order valence-electron chi connectivity index (χ1n) is 22.7. The van der Waals surface area contributed by atoms with Gasteiger partial charge in [0.1, 0.15) is 36.6 Å². The summed E-state index contributed by atoms with van der Waals surface area (Å²) in [5.74, 6) is -0.711. The Bertz CT molecular complexity index is 965. The summed E-state index contributed by atoms with van der Waals surface area (Å²) in [6, 6.07) is -1.19. The summed E-state index contributed by atoms with van der Waals surface area (Å²) in [5.41, 5.74) is 0. The topological polar surface area (TPSA) is 189 Å². The van der Waals surface area contributed by atoms with Crippen LogP contribution in [0.4, 0.5) is 0 Å². The lowest BCUT2D eigenvalue weighted by molar-refractivity contribution is -0.303. The molecular weight excluding hydrogens is 714 g/mol. The van der Waals surface area contributed by atoms with E-state index in [1.54, 1.807) is 0 Å². The Labute approximate surface area is 340 Å². The zero-order valence-electron chi connectivity index (χ0n) is 35.4. The van der Waals surface area contributed by atoms with Gasteiger partial charge in [-0.1, -0.05) is 160 Å². The van der Waals surface area contributed by atoms with Crippen molar-refractivity contribution in [1.82, 2.24) is 5.32 Å². The highest BCUT2D eigenvalue weighted by atomic mass is 16.7. The van der Waals surface area contributed by atoms with E-state index in [4.69, 9.17) is 9.47 Å². The number of aliphatic hydroxyl groups excluding tert-OH is 7. The van der Waals surface area contributed by atoms with Gasteiger partial charge < -0.3 is 50.5 Å². The molecule has 56 heavy (non-hydrogen) atoms. The van der Waals surface area contributed by atoms with Crippen LogP contribution in [0.2, 0.25) is 0 Å². The number of unbranched alkanes of at least 4 members (excludes halogenated alkanes) is 21. The monoisotopic (exact) mass is 800 g/mol. The molecule has 9 atom stereocenters. The van der Waals surface area contributed by atoms with Crippen LogP contribution in [-0.2, 0) is 14.3 Å². The van der Waals surface area contributed by atoms with E-state index < -0.39 is 74.2 Å². The van der Waals surface area contributed by atoms with E-state index in [1.807, 2.05) is 0 Å². The van der Waals surface area contributed by atoms with Gasteiger partial charge in [-0.05, 0) is 51.4 Å². The van der Waals surface area contributed by atoms with Gasteiger partial charge in [-0.3, -0.25) is 4.79 Å². The first kappa shape index (κ1) is 52.6. The molecule has 1 fully saturated rings. The van der Waals surface area contributed by atoms with Gasteiger partial charge in [0.05, 0.1) is 25.4 Å². The molecule has 0 aromatic carbocycles. The van der Waals surface area contributed by atoms with Crippen LogP contribution >= 0.6 is 0 Å². The number of amides is 1. The van der Waals surface area contributed by atoms with Crippen molar-refractivity contribution in [1.29, 1.82) is 0 Å². The summed E-state index contributed by atoms with van der Waals surface area (Å²) in [4.78, 5) is 13.1. The summed E-state index contributed by atoms with van der Waals surface area (Å²) < 4.78 is 11.1. The molecule has 0 saturated carbocycles. The molecule has 1 aliphatic heterocycles. The van der Waals surface area contributed by atoms with Gasteiger partial charge in [-0.25, -0.2) is 0 Å². The lowest BCUT2D eigenvalue weighted by Crippen LogP contribution is -2.60. The number of hydrogen-bond acceptors (Lipinski definition) is 10. The summed E-state index contributed by atoms with van der Waals surface area (Å²) in [6.45, 7) is 3.40. The van der Waals surface area contributed by atoms with E-state index in [0.29, 0.717) is 19.3 Å². The smallest absolute Gasteiger partial charge is 0.249 e. The van der Waals surface area contributed by atoms with Crippen LogP contribution in [0, 0.1) is 0 Å². The van der Waals surface area contributed by atoms with Crippen LogP contribution in [0.15, 0.2) is 24.3 Å². The minimum atomic E-state index is -1.67. The molecule has 1 rings (SSSR count). The van der Waals surface area contributed by atoms with E-state index in [-0.39, 0.29) is 12.8 Å². The fraction of sp³-hybridized carbons (Fsp3) is 0.889. The van der Waals surface area contributed by atoms with Crippen molar-refractivity contribution >= 4 is 5.91 Å². The molecule has 1 aliphatic rings. The van der Waals surface area contributed by atoms with Crippen LogP contribution in [0.3, 0.4) is 0 Å². The average molecular weight is 800 g/mol. The zero-order valence-corrected chi connectivity index (χ0v) is 35.4. The van der Waals surface area contributed by atoms with Crippen molar-refractivity contribution < 1.29 is 50.0 Å². The lowest BCUT2D eigenvalue weighted by atomic mass is 9.98. The quantitative estimate of drug-likeness (QED) is 0.0239. The minimum absolute atomic E-state index is 0.248. The molecule has 0 spiro atoms.